The van der Waals surface area contributed by atoms with Gasteiger partial charge < -0.3 is 5.11 Å². The van der Waals surface area contributed by atoms with Gasteiger partial charge in [0.1, 0.15) is 0 Å². The predicted molar refractivity (Wildman–Crippen MR) is 63.0 cm³/mol. The van der Waals surface area contributed by atoms with Crippen LogP contribution in [-0.4, -0.2) is 10.1 Å². The summed E-state index contributed by atoms with van der Waals surface area (Å²) in [6.45, 7) is 3.41. The summed E-state index contributed by atoms with van der Waals surface area (Å²) in [7, 11) is 0. The molecule has 102 valence electrons. The molecule has 0 aliphatic rings. The molecule has 0 aliphatic carbocycles. The van der Waals surface area contributed by atoms with Crippen molar-refractivity contribution < 1.29 is 18.3 Å². The first kappa shape index (κ1) is 15.0. The second-order valence-corrected chi connectivity index (χ2v) is 4.65. The zero-order valence-corrected chi connectivity index (χ0v) is 10.6. The molecule has 1 aromatic rings. The van der Waals surface area contributed by atoms with E-state index in [1.807, 2.05) is 6.92 Å². The molecule has 1 N–H and O–H groups in total. The van der Waals surface area contributed by atoms with Gasteiger partial charge in [0.05, 0.1) is 11.2 Å². The van der Waals surface area contributed by atoms with E-state index >= 15 is 0 Å². The second kappa shape index (κ2) is 5.69. The third kappa shape index (κ3) is 3.70. The molecule has 5 heteroatoms. The van der Waals surface area contributed by atoms with Gasteiger partial charge in [0.2, 0.25) is 0 Å². The molecule has 1 rings (SSSR count). The maximum absolute atomic E-state index is 12.8. The molecule has 1 atom stereocenters. The maximum Gasteiger partial charge on any atom is 0.416 e. The molecule has 0 aliphatic heterocycles. The summed E-state index contributed by atoms with van der Waals surface area (Å²) in [4.78, 5) is 3.69. The van der Waals surface area contributed by atoms with Gasteiger partial charge >= 0.3 is 6.18 Å². The van der Waals surface area contributed by atoms with E-state index in [4.69, 9.17) is 0 Å². The Kier molecular flexibility index (Phi) is 4.73. The van der Waals surface area contributed by atoms with Gasteiger partial charge in [-0.1, -0.05) is 26.2 Å². The molecule has 0 radical (unpaired) electrons. The Bertz CT molecular complexity index is 388. The van der Waals surface area contributed by atoms with Crippen molar-refractivity contribution in [2.24, 2.45) is 0 Å². The van der Waals surface area contributed by atoms with Crippen LogP contribution >= 0.6 is 0 Å². The van der Waals surface area contributed by atoms with E-state index in [0.717, 1.165) is 31.3 Å². The van der Waals surface area contributed by atoms with Crippen LogP contribution in [0.4, 0.5) is 13.2 Å². The van der Waals surface area contributed by atoms with Gasteiger partial charge in [0.25, 0.3) is 0 Å². The normalized spacial score (nSPS) is 15.4. The first-order valence-electron chi connectivity index (χ1n) is 6.03. The van der Waals surface area contributed by atoms with Crippen LogP contribution in [-0.2, 0) is 11.8 Å². The molecular formula is C13H18F3NO. The molecule has 0 fully saturated rings. The fourth-order valence-corrected chi connectivity index (χ4v) is 1.92. The van der Waals surface area contributed by atoms with Crippen LogP contribution in [0.1, 0.15) is 50.7 Å². The van der Waals surface area contributed by atoms with Crippen LogP contribution < -0.4 is 0 Å². The lowest BCUT2D eigenvalue weighted by Crippen LogP contribution is -2.26. The highest BCUT2D eigenvalue weighted by molar-refractivity contribution is 5.31. The number of aromatic nitrogens is 1. The van der Waals surface area contributed by atoms with Crippen LogP contribution in [0.15, 0.2) is 18.5 Å². The van der Waals surface area contributed by atoms with Gasteiger partial charge in [-0.25, -0.2) is 0 Å². The quantitative estimate of drug-likeness (QED) is 0.816. The number of pyridine rings is 1. The van der Waals surface area contributed by atoms with Crippen molar-refractivity contribution in [2.45, 2.75) is 51.3 Å². The summed E-state index contributed by atoms with van der Waals surface area (Å²) in [6.07, 6.45) is 0.564. The molecule has 0 saturated heterocycles. The van der Waals surface area contributed by atoms with E-state index < -0.39 is 17.3 Å². The third-order valence-corrected chi connectivity index (χ3v) is 2.97. The average molecular weight is 261 g/mol. The van der Waals surface area contributed by atoms with Crippen LogP contribution in [0.2, 0.25) is 0 Å². The number of hydrogen-bond donors (Lipinski definition) is 1. The molecule has 18 heavy (non-hydrogen) atoms. The number of hydrogen-bond acceptors (Lipinski definition) is 2. The molecule has 0 bridgehead atoms. The Balaban J connectivity index is 3.00. The van der Waals surface area contributed by atoms with E-state index in [1.54, 1.807) is 0 Å². The SMILES string of the molecule is CCCCCC(C)(O)c1cnccc1C(F)(F)F. The van der Waals surface area contributed by atoms with E-state index in [0.29, 0.717) is 12.8 Å². The van der Waals surface area contributed by atoms with Crippen molar-refractivity contribution in [1.82, 2.24) is 4.98 Å². The van der Waals surface area contributed by atoms with Crippen molar-refractivity contribution in [2.75, 3.05) is 0 Å². The number of unbranched alkanes of at least 4 members (excludes halogenated alkanes) is 2. The van der Waals surface area contributed by atoms with Gasteiger partial charge in [-0.15, -0.1) is 0 Å². The summed E-state index contributed by atoms with van der Waals surface area (Å²) < 4.78 is 38.5. The Morgan fingerprint density at radius 1 is 1.22 bits per heavy atom. The highest BCUT2D eigenvalue weighted by Crippen LogP contribution is 2.37. The number of halogens is 3. The molecule has 0 spiro atoms. The smallest absolute Gasteiger partial charge is 0.385 e. The van der Waals surface area contributed by atoms with E-state index in [9.17, 15) is 18.3 Å². The summed E-state index contributed by atoms with van der Waals surface area (Å²) in [6, 6.07) is 0.906. The van der Waals surface area contributed by atoms with Crippen molar-refractivity contribution in [1.29, 1.82) is 0 Å². The Morgan fingerprint density at radius 3 is 2.44 bits per heavy atom. The Morgan fingerprint density at radius 2 is 1.89 bits per heavy atom. The van der Waals surface area contributed by atoms with Gasteiger partial charge in [-0.2, -0.15) is 13.2 Å². The summed E-state index contributed by atoms with van der Waals surface area (Å²) in [5.41, 5.74) is -2.44. The minimum Gasteiger partial charge on any atom is -0.385 e. The molecular weight excluding hydrogens is 243 g/mol. The average Bonchev–Trinajstić information content (AvgIpc) is 2.28. The van der Waals surface area contributed by atoms with Crippen LogP contribution in [0, 0.1) is 0 Å². The number of aliphatic hydroxyl groups is 1. The second-order valence-electron chi connectivity index (χ2n) is 4.65. The fraction of sp³-hybridized carbons (Fsp3) is 0.615. The van der Waals surface area contributed by atoms with E-state index in [2.05, 4.69) is 4.98 Å². The molecule has 0 saturated carbocycles. The van der Waals surface area contributed by atoms with Gasteiger partial charge in [0, 0.05) is 18.0 Å². The van der Waals surface area contributed by atoms with Gasteiger partial charge in [-0.3, -0.25) is 4.98 Å². The summed E-state index contributed by atoms with van der Waals surface area (Å²) >= 11 is 0. The van der Waals surface area contributed by atoms with Crippen LogP contribution in [0.5, 0.6) is 0 Å². The van der Waals surface area contributed by atoms with E-state index in [1.165, 1.54) is 6.92 Å². The van der Waals surface area contributed by atoms with E-state index in [-0.39, 0.29) is 5.56 Å². The summed E-state index contributed by atoms with van der Waals surface area (Å²) in [5, 5.41) is 10.2. The number of rotatable bonds is 5. The molecule has 2 nitrogen and oxygen atoms in total. The summed E-state index contributed by atoms with van der Waals surface area (Å²) in [5.74, 6) is 0. The fourth-order valence-electron chi connectivity index (χ4n) is 1.92. The molecule has 0 amide bonds. The van der Waals surface area contributed by atoms with Crippen LogP contribution in [0.3, 0.4) is 0 Å². The van der Waals surface area contributed by atoms with Gasteiger partial charge in [0.15, 0.2) is 0 Å². The van der Waals surface area contributed by atoms with Gasteiger partial charge in [-0.05, 0) is 19.4 Å². The third-order valence-electron chi connectivity index (χ3n) is 2.97. The molecule has 0 aromatic carbocycles. The van der Waals surface area contributed by atoms with Crippen molar-refractivity contribution >= 4 is 0 Å². The standard InChI is InChI=1S/C13H18F3NO/c1-3-4-5-7-12(2,18)11-9-17-8-6-10(11)13(14,15)16/h6,8-9,18H,3-5,7H2,1-2H3. The van der Waals surface area contributed by atoms with Crippen LogP contribution in [0.25, 0.3) is 0 Å². The highest BCUT2D eigenvalue weighted by Gasteiger charge is 2.38. The Hall–Kier alpha value is -1.10. The molecule has 1 heterocycles. The van der Waals surface area contributed by atoms with Crippen molar-refractivity contribution in [3.05, 3.63) is 29.6 Å². The van der Waals surface area contributed by atoms with Crippen molar-refractivity contribution in [3.8, 4) is 0 Å². The van der Waals surface area contributed by atoms with Crippen molar-refractivity contribution in [3.63, 3.8) is 0 Å². The molecule has 1 unspecified atom stereocenters. The first-order chi connectivity index (χ1) is 8.29. The first-order valence-corrected chi connectivity index (χ1v) is 6.03. The highest BCUT2D eigenvalue weighted by atomic mass is 19.4. The maximum atomic E-state index is 12.8. The lowest BCUT2D eigenvalue weighted by Gasteiger charge is -2.26. The lowest BCUT2D eigenvalue weighted by molar-refractivity contribution is -0.140. The topological polar surface area (TPSA) is 33.1 Å². The zero-order chi connectivity index (χ0) is 13.8. The predicted octanol–water partition coefficient (Wildman–Crippen LogP) is 3.89. The monoisotopic (exact) mass is 261 g/mol. The Labute approximate surface area is 105 Å². The number of nitrogens with zero attached hydrogens (tertiary/aromatic N) is 1. The molecule has 1 aromatic heterocycles. The minimum atomic E-state index is -4.47. The largest absolute Gasteiger partial charge is 0.416 e. The number of alkyl halides is 3. The zero-order valence-electron chi connectivity index (χ0n) is 10.6. The minimum absolute atomic E-state index is 0.145. The lowest BCUT2D eigenvalue weighted by atomic mass is 9.88.